The summed E-state index contributed by atoms with van der Waals surface area (Å²) in [5.74, 6) is -0.532. The molecule has 1 aromatic rings. The molecule has 3 N–H and O–H groups in total. The molecule has 0 aromatic heterocycles. The second-order valence-corrected chi connectivity index (χ2v) is 6.69. The summed E-state index contributed by atoms with van der Waals surface area (Å²) < 4.78 is 10.6. The Hall–Kier alpha value is -2.77. The van der Waals surface area contributed by atoms with E-state index in [1.807, 2.05) is 0 Å². The molecule has 0 saturated heterocycles. The molecule has 8 heteroatoms. The third-order valence-electron chi connectivity index (χ3n) is 3.51. The average Bonchev–Trinajstić information content (AvgIpc) is 2.48. The number of hydrogen-bond acceptors (Lipinski definition) is 5. The third-order valence-corrected chi connectivity index (χ3v) is 3.51. The van der Waals surface area contributed by atoms with Gasteiger partial charge in [-0.3, -0.25) is 19.8 Å². The van der Waals surface area contributed by atoms with Crippen molar-refractivity contribution in [2.45, 2.75) is 45.8 Å². The average molecular weight is 349 g/mol. The van der Waals surface area contributed by atoms with E-state index in [0.717, 1.165) is 0 Å². The SMILES string of the molecule is CCC(C(N)=O)N1C(=O)COc2ccc(NC(=O)OC(C)(C)C)cc21. The van der Waals surface area contributed by atoms with Crippen molar-refractivity contribution >= 4 is 29.3 Å². The van der Waals surface area contributed by atoms with Crippen LogP contribution in [0.25, 0.3) is 0 Å². The van der Waals surface area contributed by atoms with E-state index in [1.165, 1.54) is 4.90 Å². The Morgan fingerprint density at radius 1 is 1.40 bits per heavy atom. The molecule has 25 heavy (non-hydrogen) atoms. The van der Waals surface area contributed by atoms with Gasteiger partial charge in [0.05, 0.1) is 5.69 Å². The number of nitrogens with zero attached hydrogens (tertiary/aromatic N) is 1. The van der Waals surface area contributed by atoms with Crippen LogP contribution >= 0.6 is 0 Å². The Kier molecular flexibility index (Phi) is 5.20. The first-order valence-corrected chi connectivity index (χ1v) is 8.00. The maximum atomic E-state index is 12.3. The molecule has 3 amide bonds. The number of hydrogen-bond donors (Lipinski definition) is 2. The molecule has 0 bridgehead atoms. The van der Waals surface area contributed by atoms with Gasteiger partial charge >= 0.3 is 6.09 Å². The number of fused-ring (bicyclic) bond motifs is 1. The van der Waals surface area contributed by atoms with Gasteiger partial charge in [-0.15, -0.1) is 0 Å². The molecule has 0 spiro atoms. The summed E-state index contributed by atoms with van der Waals surface area (Å²) in [6.07, 6.45) is -0.256. The number of amides is 3. The number of carbonyl (C=O) groups excluding carboxylic acids is 3. The van der Waals surface area contributed by atoms with Crippen molar-refractivity contribution < 1.29 is 23.9 Å². The number of benzene rings is 1. The molecular weight excluding hydrogens is 326 g/mol. The van der Waals surface area contributed by atoms with Crippen LogP contribution in [0.2, 0.25) is 0 Å². The van der Waals surface area contributed by atoms with Gasteiger partial charge in [0, 0.05) is 5.69 Å². The minimum Gasteiger partial charge on any atom is -0.482 e. The zero-order valence-corrected chi connectivity index (χ0v) is 14.8. The summed E-state index contributed by atoms with van der Waals surface area (Å²) in [5, 5.41) is 2.60. The zero-order valence-electron chi connectivity index (χ0n) is 14.8. The molecule has 1 atom stereocenters. The summed E-state index contributed by atoms with van der Waals surface area (Å²) in [5.41, 5.74) is 5.58. The zero-order chi connectivity index (χ0) is 18.8. The maximum absolute atomic E-state index is 12.3. The lowest BCUT2D eigenvalue weighted by molar-refractivity contribution is -0.126. The summed E-state index contributed by atoms with van der Waals surface area (Å²) >= 11 is 0. The minimum atomic E-state index is -0.785. The fourth-order valence-corrected chi connectivity index (χ4v) is 2.52. The first kappa shape index (κ1) is 18.6. The first-order valence-electron chi connectivity index (χ1n) is 8.00. The summed E-state index contributed by atoms with van der Waals surface area (Å²) in [6, 6.07) is 4.02. The highest BCUT2D eigenvalue weighted by Crippen LogP contribution is 2.36. The van der Waals surface area contributed by atoms with Gasteiger partial charge in [0.15, 0.2) is 6.61 Å². The lowest BCUT2D eigenvalue weighted by Crippen LogP contribution is -2.51. The lowest BCUT2D eigenvalue weighted by atomic mass is 10.1. The van der Waals surface area contributed by atoms with Gasteiger partial charge in [0.1, 0.15) is 17.4 Å². The predicted octanol–water partition coefficient (Wildman–Crippen LogP) is 2.02. The number of carbonyl (C=O) groups is 3. The number of ether oxygens (including phenoxy) is 2. The van der Waals surface area contributed by atoms with Gasteiger partial charge in [-0.1, -0.05) is 6.92 Å². The highest BCUT2D eigenvalue weighted by atomic mass is 16.6. The largest absolute Gasteiger partial charge is 0.482 e. The predicted molar refractivity (Wildman–Crippen MR) is 92.6 cm³/mol. The normalized spacial score (nSPS) is 15.0. The molecule has 2 rings (SSSR count). The highest BCUT2D eigenvalue weighted by Gasteiger charge is 2.34. The second kappa shape index (κ2) is 7.00. The van der Waals surface area contributed by atoms with Crippen LogP contribution in [0, 0.1) is 0 Å². The van der Waals surface area contributed by atoms with Crippen LogP contribution in [0.1, 0.15) is 34.1 Å². The van der Waals surface area contributed by atoms with E-state index in [-0.39, 0.29) is 12.5 Å². The summed E-state index contributed by atoms with van der Waals surface area (Å²) in [7, 11) is 0. The van der Waals surface area contributed by atoms with E-state index in [4.69, 9.17) is 15.2 Å². The summed E-state index contributed by atoms with van der Waals surface area (Å²) in [6.45, 7) is 6.86. The fraction of sp³-hybridized carbons (Fsp3) is 0.471. The molecule has 0 radical (unpaired) electrons. The highest BCUT2D eigenvalue weighted by molar-refractivity contribution is 6.04. The molecule has 1 aromatic carbocycles. The van der Waals surface area contributed by atoms with Crippen LogP contribution in [-0.2, 0) is 14.3 Å². The van der Waals surface area contributed by atoms with Crippen molar-refractivity contribution in [3.05, 3.63) is 18.2 Å². The Bertz CT molecular complexity index is 696. The van der Waals surface area contributed by atoms with Gasteiger partial charge in [-0.2, -0.15) is 0 Å². The standard InChI is InChI=1S/C17H23N3O5/c1-5-11(15(18)22)20-12-8-10(19-16(23)25-17(2,3)4)6-7-13(12)24-9-14(20)21/h6-8,11H,5,9H2,1-4H3,(H2,18,22)(H,19,23). The van der Waals surface area contributed by atoms with Crippen LogP contribution < -0.4 is 20.7 Å². The number of primary amides is 1. The van der Waals surface area contributed by atoms with Gasteiger partial charge < -0.3 is 15.2 Å². The molecule has 1 aliphatic heterocycles. The van der Waals surface area contributed by atoms with Crippen molar-refractivity contribution in [1.29, 1.82) is 0 Å². The third kappa shape index (κ3) is 4.40. The number of rotatable bonds is 4. The molecule has 1 unspecified atom stereocenters. The Balaban J connectivity index is 2.32. The van der Waals surface area contributed by atoms with Gasteiger partial charge in [-0.25, -0.2) is 4.79 Å². The fourth-order valence-electron chi connectivity index (χ4n) is 2.52. The topological polar surface area (TPSA) is 111 Å². The molecular formula is C17H23N3O5. The second-order valence-electron chi connectivity index (χ2n) is 6.69. The Labute approximate surface area is 146 Å². The van der Waals surface area contributed by atoms with Crippen molar-refractivity contribution in [3.63, 3.8) is 0 Å². The summed E-state index contributed by atoms with van der Waals surface area (Å²) in [4.78, 5) is 37.2. The van der Waals surface area contributed by atoms with Gasteiger partial charge in [0.2, 0.25) is 5.91 Å². The number of nitrogens with one attached hydrogen (secondary N) is 1. The van der Waals surface area contributed by atoms with E-state index in [1.54, 1.807) is 45.9 Å². The molecule has 136 valence electrons. The Morgan fingerprint density at radius 3 is 2.64 bits per heavy atom. The van der Waals surface area contributed by atoms with E-state index in [9.17, 15) is 14.4 Å². The van der Waals surface area contributed by atoms with Crippen molar-refractivity contribution in [1.82, 2.24) is 0 Å². The molecule has 0 aliphatic carbocycles. The number of anilines is 2. The van der Waals surface area contributed by atoms with Crippen LogP contribution in [0.3, 0.4) is 0 Å². The van der Waals surface area contributed by atoms with E-state index in [0.29, 0.717) is 23.5 Å². The molecule has 8 nitrogen and oxygen atoms in total. The Morgan fingerprint density at radius 2 is 2.08 bits per heavy atom. The molecule has 1 heterocycles. The van der Waals surface area contributed by atoms with Gasteiger partial charge in [-0.05, 0) is 45.4 Å². The van der Waals surface area contributed by atoms with Crippen LogP contribution in [-0.4, -0.2) is 36.2 Å². The van der Waals surface area contributed by atoms with Crippen LogP contribution in [0.4, 0.5) is 16.2 Å². The van der Waals surface area contributed by atoms with Crippen molar-refractivity contribution in [2.75, 3.05) is 16.8 Å². The molecule has 1 aliphatic rings. The minimum absolute atomic E-state index is 0.171. The quantitative estimate of drug-likeness (QED) is 0.864. The number of nitrogens with two attached hydrogens (primary N) is 1. The van der Waals surface area contributed by atoms with Crippen molar-refractivity contribution in [2.24, 2.45) is 5.73 Å². The molecule has 0 fully saturated rings. The van der Waals surface area contributed by atoms with E-state index in [2.05, 4.69) is 5.32 Å². The van der Waals surface area contributed by atoms with E-state index < -0.39 is 23.6 Å². The molecule has 0 saturated carbocycles. The smallest absolute Gasteiger partial charge is 0.412 e. The first-order chi connectivity index (χ1) is 11.6. The lowest BCUT2D eigenvalue weighted by Gasteiger charge is -2.34. The van der Waals surface area contributed by atoms with Gasteiger partial charge in [0.25, 0.3) is 5.91 Å². The van der Waals surface area contributed by atoms with Crippen LogP contribution in [0.5, 0.6) is 5.75 Å². The monoisotopic (exact) mass is 349 g/mol. The van der Waals surface area contributed by atoms with E-state index >= 15 is 0 Å². The van der Waals surface area contributed by atoms with Crippen LogP contribution in [0.15, 0.2) is 18.2 Å². The maximum Gasteiger partial charge on any atom is 0.412 e. The van der Waals surface area contributed by atoms with Crippen molar-refractivity contribution in [3.8, 4) is 5.75 Å².